The Balaban J connectivity index is 1.61. The highest BCUT2D eigenvalue weighted by atomic mass is 35.5. The van der Waals surface area contributed by atoms with E-state index in [1.807, 2.05) is 11.6 Å². The molecule has 0 bridgehead atoms. The van der Waals surface area contributed by atoms with Gasteiger partial charge >= 0.3 is 0 Å². The molecular weight excluding hydrogens is 368 g/mol. The highest BCUT2D eigenvalue weighted by Gasteiger charge is 2.11. The lowest BCUT2D eigenvalue weighted by Crippen LogP contribution is -2.04. The fourth-order valence-electron chi connectivity index (χ4n) is 2.06. The molecule has 3 aromatic rings. The van der Waals surface area contributed by atoms with Crippen LogP contribution in [0.1, 0.15) is 11.4 Å². The maximum Gasteiger partial charge on any atom is 0.191 e. The first kappa shape index (κ1) is 17.7. The third kappa shape index (κ3) is 4.49. The Hall–Kier alpha value is -2.12. The van der Waals surface area contributed by atoms with Crippen LogP contribution in [0.25, 0.3) is 0 Å². The summed E-state index contributed by atoms with van der Waals surface area (Å²) in [7, 11) is 1.83. The van der Waals surface area contributed by atoms with Gasteiger partial charge in [0.25, 0.3) is 0 Å². The van der Waals surface area contributed by atoms with Crippen LogP contribution in [0.15, 0.2) is 47.6 Å². The molecule has 2 aromatic carbocycles. The third-order valence-electron chi connectivity index (χ3n) is 3.48. The highest BCUT2D eigenvalue weighted by molar-refractivity contribution is 7.98. The summed E-state index contributed by atoms with van der Waals surface area (Å²) in [6.07, 6.45) is 0. The molecule has 1 aromatic heterocycles. The average molecular weight is 382 g/mol. The number of halogens is 3. The van der Waals surface area contributed by atoms with E-state index in [0.29, 0.717) is 27.5 Å². The Labute approximate surface area is 152 Å². The third-order valence-corrected chi connectivity index (χ3v) is 4.90. The van der Waals surface area contributed by atoms with Crippen LogP contribution < -0.4 is 4.74 Å². The van der Waals surface area contributed by atoms with Gasteiger partial charge < -0.3 is 9.30 Å². The molecule has 3 rings (SSSR count). The van der Waals surface area contributed by atoms with Crippen molar-refractivity contribution in [3.63, 3.8) is 0 Å². The van der Waals surface area contributed by atoms with Gasteiger partial charge in [0.15, 0.2) is 11.0 Å². The van der Waals surface area contributed by atoms with Crippen LogP contribution in [0, 0.1) is 11.6 Å². The van der Waals surface area contributed by atoms with Crippen molar-refractivity contribution >= 4 is 23.4 Å². The van der Waals surface area contributed by atoms with Crippen molar-refractivity contribution in [1.82, 2.24) is 14.8 Å². The van der Waals surface area contributed by atoms with Crippen LogP contribution in [0.5, 0.6) is 5.75 Å². The van der Waals surface area contributed by atoms with Gasteiger partial charge in [0.05, 0.1) is 0 Å². The number of thioether (sulfide) groups is 1. The SMILES string of the molecule is Cn1c(COc2ccc(F)cc2)nnc1SCc1ccc(F)cc1Cl. The summed E-state index contributed by atoms with van der Waals surface area (Å²) in [5.74, 6) is 1.06. The molecule has 130 valence electrons. The minimum absolute atomic E-state index is 0.215. The van der Waals surface area contributed by atoms with Crippen LogP contribution in [-0.4, -0.2) is 14.8 Å². The van der Waals surface area contributed by atoms with Crippen molar-refractivity contribution < 1.29 is 13.5 Å². The van der Waals surface area contributed by atoms with Crippen molar-refractivity contribution in [3.8, 4) is 5.75 Å². The number of hydrogen-bond donors (Lipinski definition) is 0. The zero-order valence-electron chi connectivity index (χ0n) is 13.2. The summed E-state index contributed by atoms with van der Waals surface area (Å²) < 4.78 is 33.3. The molecule has 25 heavy (non-hydrogen) atoms. The summed E-state index contributed by atoms with van der Waals surface area (Å²) in [6, 6.07) is 10.1. The van der Waals surface area contributed by atoms with Gasteiger partial charge in [-0.2, -0.15) is 0 Å². The number of benzene rings is 2. The molecule has 0 radical (unpaired) electrons. The Bertz CT molecular complexity index is 871. The van der Waals surface area contributed by atoms with Gasteiger partial charge in [-0.25, -0.2) is 8.78 Å². The summed E-state index contributed by atoms with van der Waals surface area (Å²) in [6.45, 7) is 0.215. The average Bonchev–Trinajstić information content (AvgIpc) is 2.94. The summed E-state index contributed by atoms with van der Waals surface area (Å²) in [5.41, 5.74) is 0.820. The highest BCUT2D eigenvalue weighted by Crippen LogP contribution is 2.26. The summed E-state index contributed by atoms with van der Waals surface area (Å²) in [5, 5.41) is 9.30. The first-order chi connectivity index (χ1) is 12.0. The minimum Gasteiger partial charge on any atom is -0.486 e. The molecule has 1 heterocycles. The molecule has 0 fully saturated rings. The van der Waals surface area contributed by atoms with Gasteiger partial charge in [-0.1, -0.05) is 29.4 Å². The molecule has 0 aliphatic carbocycles. The molecule has 4 nitrogen and oxygen atoms in total. The van der Waals surface area contributed by atoms with Gasteiger partial charge in [-0.3, -0.25) is 0 Å². The van der Waals surface area contributed by atoms with E-state index in [4.69, 9.17) is 16.3 Å². The molecule has 0 aliphatic heterocycles. The number of aromatic nitrogens is 3. The molecule has 0 N–H and O–H groups in total. The van der Waals surface area contributed by atoms with Crippen LogP contribution in [0.4, 0.5) is 8.78 Å². The number of rotatable bonds is 6. The van der Waals surface area contributed by atoms with Crippen LogP contribution in [0.3, 0.4) is 0 Å². The lowest BCUT2D eigenvalue weighted by Gasteiger charge is -2.07. The first-order valence-electron chi connectivity index (χ1n) is 7.36. The molecular formula is C17H14ClF2N3OS. The van der Waals surface area contributed by atoms with E-state index >= 15 is 0 Å². The molecule has 0 atom stereocenters. The van der Waals surface area contributed by atoms with Crippen LogP contribution in [0.2, 0.25) is 5.02 Å². The zero-order valence-corrected chi connectivity index (χ0v) is 14.8. The normalized spacial score (nSPS) is 10.9. The minimum atomic E-state index is -0.363. The number of nitrogens with zero attached hydrogens (tertiary/aromatic N) is 3. The maximum atomic E-state index is 13.1. The second-order valence-corrected chi connectivity index (χ2v) is 6.57. The predicted molar refractivity (Wildman–Crippen MR) is 92.7 cm³/mol. The molecule has 0 unspecified atom stereocenters. The van der Waals surface area contributed by atoms with Gasteiger partial charge in [0, 0.05) is 17.8 Å². The standard InChI is InChI=1S/C17H14ClF2N3OS/c1-23-16(9-24-14-6-4-12(19)5-7-14)21-22-17(23)25-10-11-2-3-13(20)8-15(11)18/h2-8H,9-10H2,1H3. The van der Waals surface area contributed by atoms with Gasteiger partial charge in [0.2, 0.25) is 0 Å². The van der Waals surface area contributed by atoms with Crippen LogP contribution >= 0.6 is 23.4 Å². The largest absolute Gasteiger partial charge is 0.486 e. The smallest absolute Gasteiger partial charge is 0.191 e. The summed E-state index contributed by atoms with van der Waals surface area (Å²) >= 11 is 7.47. The van der Waals surface area contributed by atoms with E-state index in [1.165, 1.54) is 36.0 Å². The van der Waals surface area contributed by atoms with Crippen molar-refractivity contribution in [2.45, 2.75) is 17.5 Å². The van der Waals surface area contributed by atoms with Crippen molar-refractivity contribution in [2.24, 2.45) is 7.05 Å². The molecule has 0 saturated heterocycles. The van der Waals surface area contributed by atoms with E-state index in [9.17, 15) is 8.78 Å². The lowest BCUT2D eigenvalue weighted by molar-refractivity contribution is 0.290. The zero-order chi connectivity index (χ0) is 17.8. The van der Waals surface area contributed by atoms with E-state index in [2.05, 4.69) is 10.2 Å². The molecule has 8 heteroatoms. The predicted octanol–water partition coefficient (Wildman–Crippen LogP) is 4.62. The second kappa shape index (κ2) is 7.84. The van der Waals surface area contributed by atoms with Crippen LogP contribution in [-0.2, 0) is 19.4 Å². The Kier molecular flexibility index (Phi) is 5.55. The maximum absolute atomic E-state index is 13.1. The topological polar surface area (TPSA) is 39.9 Å². The van der Waals surface area contributed by atoms with Crippen molar-refractivity contribution in [3.05, 3.63) is 70.5 Å². The Morgan fingerprint density at radius 2 is 1.80 bits per heavy atom. The Morgan fingerprint density at radius 1 is 1.08 bits per heavy atom. The van der Waals surface area contributed by atoms with Gasteiger partial charge in [-0.15, -0.1) is 10.2 Å². The summed E-state index contributed by atoms with van der Waals surface area (Å²) in [4.78, 5) is 0. The second-order valence-electron chi connectivity index (χ2n) is 5.22. The number of ether oxygens (including phenoxy) is 1. The fraction of sp³-hybridized carbons (Fsp3) is 0.176. The van der Waals surface area contributed by atoms with Crippen molar-refractivity contribution in [1.29, 1.82) is 0 Å². The first-order valence-corrected chi connectivity index (χ1v) is 8.72. The quantitative estimate of drug-likeness (QED) is 0.584. The Morgan fingerprint density at radius 3 is 2.52 bits per heavy atom. The van der Waals surface area contributed by atoms with Gasteiger partial charge in [0.1, 0.15) is 24.0 Å². The van der Waals surface area contributed by atoms with Gasteiger partial charge in [-0.05, 0) is 42.0 Å². The fourth-order valence-corrected chi connectivity index (χ4v) is 3.30. The van der Waals surface area contributed by atoms with E-state index in [-0.39, 0.29) is 18.2 Å². The number of hydrogen-bond acceptors (Lipinski definition) is 4. The molecule has 0 saturated carbocycles. The molecule has 0 amide bonds. The van der Waals surface area contributed by atoms with E-state index in [0.717, 1.165) is 5.56 Å². The lowest BCUT2D eigenvalue weighted by atomic mass is 10.2. The van der Waals surface area contributed by atoms with E-state index < -0.39 is 0 Å². The monoisotopic (exact) mass is 381 g/mol. The molecule has 0 aliphatic rings. The van der Waals surface area contributed by atoms with E-state index in [1.54, 1.807) is 18.2 Å². The van der Waals surface area contributed by atoms with Crippen molar-refractivity contribution in [2.75, 3.05) is 0 Å². The molecule has 0 spiro atoms.